The van der Waals surface area contributed by atoms with Gasteiger partial charge in [-0.1, -0.05) is 48.0 Å². The zero-order valence-electron chi connectivity index (χ0n) is 12.7. The molecule has 0 atom stereocenters. The van der Waals surface area contributed by atoms with Crippen LogP contribution in [-0.2, 0) is 22.2 Å². The summed E-state index contributed by atoms with van der Waals surface area (Å²) in [5.41, 5.74) is 3.15. The van der Waals surface area contributed by atoms with E-state index in [-0.39, 0.29) is 5.75 Å². The minimum atomic E-state index is -3.39. The van der Waals surface area contributed by atoms with Crippen molar-refractivity contribution in [2.24, 2.45) is 0 Å². The van der Waals surface area contributed by atoms with Crippen molar-refractivity contribution in [3.63, 3.8) is 0 Å². The average molecular weight is 351 g/mol. The third-order valence-corrected chi connectivity index (χ3v) is 5.69. The van der Waals surface area contributed by atoms with Gasteiger partial charge in [-0.15, -0.1) is 0 Å². The fourth-order valence-corrected chi connectivity index (χ4v) is 4.29. The fourth-order valence-electron chi connectivity index (χ4n) is 2.85. The van der Waals surface area contributed by atoms with E-state index >= 15 is 0 Å². The predicted molar refractivity (Wildman–Crippen MR) is 94.4 cm³/mol. The fraction of sp³-hybridized carbons (Fsp3) is 0.294. The van der Waals surface area contributed by atoms with Gasteiger partial charge in [0.15, 0.2) is 0 Å². The number of para-hydroxylation sites is 1. The van der Waals surface area contributed by atoms with Crippen LogP contribution in [-0.4, -0.2) is 28.1 Å². The number of benzene rings is 2. The van der Waals surface area contributed by atoms with Crippen LogP contribution in [0.1, 0.15) is 11.1 Å². The summed E-state index contributed by atoms with van der Waals surface area (Å²) >= 11 is 6.02. The van der Waals surface area contributed by atoms with Gasteiger partial charge in [0.25, 0.3) is 0 Å². The van der Waals surface area contributed by atoms with Crippen molar-refractivity contribution in [1.29, 1.82) is 0 Å². The van der Waals surface area contributed by atoms with Gasteiger partial charge in [0.05, 0.1) is 5.75 Å². The molecule has 0 amide bonds. The summed E-state index contributed by atoms with van der Waals surface area (Å²) in [7, 11) is -3.39. The normalized spacial score (nSPS) is 14.0. The van der Waals surface area contributed by atoms with E-state index in [0.717, 1.165) is 13.0 Å². The number of nitrogens with one attached hydrogen (secondary N) is 1. The highest BCUT2D eigenvalue weighted by molar-refractivity contribution is 7.88. The second kappa shape index (κ2) is 6.91. The Kier molecular flexibility index (Phi) is 4.90. The summed E-state index contributed by atoms with van der Waals surface area (Å²) < 4.78 is 27.0. The molecule has 1 aliphatic rings. The highest BCUT2D eigenvalue weighted by atomic mass is 35.5. The molecular formula is C17H19ClN2O2S. The van der Waals surface area contributed by atoms with E-state index in [2.05, 4.69) is 21.8 Å². The molecule has 0 aliphatic carbocycles. The Balaban J connectivity index is 1.55. The molecule has 6 heteroatoms. The van der Waals surface area contributed by atoms with E-state index < -0.39 is 10.0 Å². The van der Waals surface area contributed by atoms with E-state index in [0.29, 0.717) is 23.7 Å². The molecule has 23 heavy (non-hydrogen) atoms. The van der Waals surface area contributed by atoms with Gasteiger partial charge in [-0.3, -0.25) is 0 Å². The van der Waals surface area contributed by atoms with Crippen LogP contribution >= 0.6 is 11.6 Å². The van der Waals surface area contributed by atoms with Crippen LogP contribution in [0.2, 0.25) is 5.02 Å². The van der Waals surface area contributed by atoms with Gasteiger partial charge in [-0.05, 0) is 29.7 Å². The highest BCUT2D eigenvalue weighted by Crippen LogP contribution is 2.26. The predicted octanol–water partition coefficient (Wildman–Crippen LogP) is 2.82. The van der Waals surface area contributed by atoms with Gasteiger partial charge in [-0.2, -0.15) is 0 Å². The van der Waals surface area contributed by atoms with E-state index in [1.165, 1.54) is 11.3 Å². The standard InChI is InChI=1S/C17H19ClN2O2S/c18-16-7-3-1-6-15(16)13-23(21,22)19-10-12-20-11-9-14-5-2-4-8-17(14)20/h1-8,19H,9-13H2. The number of fused-ring (bicyclic) bond motifs is 1. The van der Waals surface area contributed by atoms with Crippen molar-refractivity contribution >= 4 is 27.3 Å². The average Bonchev–Trinajstić information content (AvgIpc) is 2.93. The van der Waals surface area contributed by atoms with Crippen LogP contribution in [0.3, 0.4) is 0 Å². The molecule has 0 radical (unpaired) electrons. The van der Waals surface area contributed by atoms with Gasteiger partial charge < -0.3 is 4.90 Å². The van der Waals surface area contributed by atoms with Gasteiger partial charge >= 0.3 is 0 Å². The first kappa shape index (κ1) is 16.3. The summed E-state index contributed by atoms with van der Waals surface area (Å²) in [5.74, 6) is -0.0940. The number of sulfonamides is 1. The second-order valence-corrected chi connectivity index (χ2v) is 7.82. The summed E-state index contributed by atoms with van der Waals surface area (Å²) in [4.78, 5) is 2.22. The minimum absolute atomic E-state index is 0.0940. The SMILES string of the molecule is O=S(=O)(Cc1ccccc1Cl)NCCN1CCc2ccccc21. The molecule has 0 spiro atoms. The van der Waals surface area contributed by atoms with E-state index in [1.807, 2.05) is 12.1 Å². The van der Waals surface area contributed by atoms with Crippen molar-refractivity contribution in [3.8, 4) is 0 Å². The van der Waals surface area contributed by atoms with Crippen LogP contribution < -0.4 is 9.62 Å². The third-order valence-electron chi connectivity index (χ3n) is 3.99. The molecular weight excluding hydrogens is 332 g/mol. The maximum atomic E-state index is 12.2. The highest BCUT2D eigenvalue weighted by Gasteiger charge is 2.19. The Labute approximate surface area is 142 Å². The summed E-state index contributed by atoms with van der Waals surface area (Å²) in [6.07, 6.45) is 1.02. The Morgan fingerprint density at radius 3 is 2.65 bits per heavy atom. The maximum Gasteiger partial charge on any atom is 0.215 e. The van der Waals surface area contributed by atoms with Gasteiger partial charge in [0.1, 0.15) is 0 Å². The largest absolute Gasteiger partial charge is 0.370 e. The monoisotopic (exact) mass is 350 g/mol. The van der Waals surface area contributed by atoms with Gasteiger partial charge in [-0.25, -0.2) is 13.1 Å². The quantitative estimate of drug-likeness (QED) is 0.871. The molecule has 2 aromatic rings. The summed E-state index contributed by atoms with van der Waals surface area (Å²) in [6, 6.07) is 15.3. The molecule has 0 aromatic heterocycles. The molecule has 3 rings (SSSR count). The van der Waals surface area contributed by atoms with E-state index in [1.54, 1.807) is 24.3 Å². The van der Waals surface area contributed by atoms with Crippen molar-refractivity contribution in [2.45, 2.75) is 12.2 Å². The number of hydrogen-bond donors (Lipinski definition) is 1. The summed E-state index contributed by atoms with van der Waals surface area (Å²) in [6.45, 7) is 1.99. The lowest BCUT2D eigenvalue weighted by Gasteiger charge is -2.19. The third kappa shape index (κ3) is 4.05. The van der Waals surface area contributed by atoms with Crippen LogP contribution in [0.5, 0.6) is 0 Å². The van der Waals surface area contributed by atoms with Crippen LogP contribution in [0.15, 0.2) is 48.5 Å². The minimum Gasteiger partial charge on any atom is -0.370 e. The molecule has 1 N–H and O–H groups in total. The molecule has 2 aromatic carbocycles. The van der Waals surface area contributed by atoms with Crippen molar-refractivity contribution in [1.82, 2.24) is 4.72 Å². The first-order chi connectivity index (χ1) is 11.1. The Hall–Kier alpha value is -1.56. The molecule has 1 heterocycles. The first-order valence-corrected chi connectivity index (χ1v) is 9.62. The smallest absolute Gasteiger partial charge is 0.215 e. The molecule has 0 unspecified atom stereocenters. The Morgan fingerprint density at radius 1 is 1.09 bits per heavy atom. The van der Waals surface area contributed by atoms with Gasteiger partial charge in [0.2, 0.25) is 10.0 Å². The summed E-state index contributed by atoms with van der Waals surface area (Å²) in [5, 5.41) is 0.478. The molecule has 1 aliphatic heterocycles. The topological polar surface area (TPSA) is 49.4 Å². The maximum absolute atomic E-state index is 12.2. The number of rotatable bonds is 6. The Morgan fingerprint density at radius 2 is 1.83 bits per heavy atom. The van der Waals surface area contributed by atoms with Crippen molar-refractivity contribution in [2.75, 3.05) is 24.5 Å². The first-order valence-electron chi connectivity index (χ1n) is 7.59. The molecule has 122 valence electrons. The number of hydrogen-bond acceptors (Lipinski definition) is 3. The van der Waals surface area contributed by atoms with Crippen LogP contribution in [0.4, 0.5) is 5.69 Å². The van der Waals surface area contributed by atoms with Crippen molar-refractivity contribution in [3.05, 3.63) is 64.7 Å². The molecule has 0 saturated heterocycles. The van der Waals surface area contributed by atoms with Gasteiger partial charge in [0, 0.05) is 30.3 Å². The molecule has 4 nitrogen and oxygen atoms in total. The van der Waals surface area contributed by atoms with Crippen LogP contribution in [0, 0.1) is 0 Å². The Bertz CT molecular complexity index is 793. The lowest BCUT2D eigenvalue weighted by molar-refractivity contribution is 0.580. The van der Waals surface area contributed by atoms with Crippen molar-refractivity contribution < 1.29 is 8.42 Å². The van der Waals surface area contributed by atoms with E-state index in [9.17, 15) is 8.42 Å². The molecule has 0 saturated carbocycles. The molecule has 0 fully saturated rings. The lowest BCUT2D eigenvalue weighted by Crippen LogP contribution is -2.34. The van der Waals surface area contributed by atoms with E-state index in [4.69, 9.17) is 11.6 Å². The zero-order valence-corrected chi connectivity index (χ0v) is 14.3. The second-order valence-electron chi connectivity index (χ2n) is 5.61. The zero-order chi connectivity index (χ0) is 16.3. The molecule has 0 bridgehead atoms. The number of halogens is 1. The van der Waals surface area contributed by atoms with Crippen LogP contribution in [0.25, 0.3) is 0 Å². The number of anilines is 1. The lowest BCUT2D eigenvalue weighted by atomic mass is 10.2. The number of nitrogens with zero attached hydrogens (tertiary/aromatic N) is 1.